The molecule has 0 spiro atoms. The third kappa shape index (κ3) is 4.10. The molecule has 0 atom stereocenters. The highest BCUT2D eigenvalue weighted by Gasteiger charge is 2.02. The summed E-state index contributed by atoms with van der Waals surface area (Å²) in [6.45, 7) is 0.594. The molecule has 0 radical (unpaired) electrons. The van der Waals surface area contributed by atoms with Gasteiger partial charge in [-0.2, -0.15) is 5.10 Å². The van der Waals surface area contributed by atoms with Crippen LogP contribution in [0.15, 0.2) is 36.7 Å². The normalized spacial score (nSPS) is 10.3. The van der Waals surface area contributed by atoms with Gasteiger partial charge in [0, 0.05) is 19.8 Å². The summed E-state index contributed by atoms with van der Waals surface area (Å²) in [7, 11) is 1.79. The minimum Gasteiger partial charge on any atom is -0.392 e. The van der Waals surface area contributed by atoms with E-state index in [4.69, 9.17) is 5.11 Å². The van der Waals surface area contributed by atoms with Crippen LogP contribution in [0.1, 0.15) is 11.1 Å². The Hall–Kier alpha value is -2.34. The van der Waals surface area contributed by atoms with Crippen molar-refractivity contribution in [3.8, 4) is 0 Å². The van der Waals surface area contributed by atoms with Crippen molar-refractivity contribution in [2.24, 2.45) is 7.05 Å². The molecule has 2 amide bonds. The van der Waals surface area contributed by atoms with Crippen molar-refractivity contribution in [2.75, 3.05) is 11.9 Å². The average Bonchev–Trinajstić information content (AvgIpc) is 2.85. The molecular formula is C14H18N4O2. The van der Waals surface area contributed by atoms with Gasteiger partial charge in [0.15, 0.2) is 0 Å². The van der Waals surface area contributed by atoms with Crippen LogP contribution in [0, 0.1) is 0 Å². The van der Waals surface area contributed by atoms with Crippen LogP contribution >= 0.6 is 0 Å². The number of amides is 2. The molecule has 1 aromatic carbocycles. The summed E-state index contributed by atoms with van der Waals surface area (Å²) < 4.78 is 1.62. The molecule has 6 nitrogen and oxygen atoms in total. The first-order valence-corrected chi connectivity index (χ1v) is 6.39. The molecule has 1 aromatic heterocycles. The number of hydrogen-bond donors (Lipinski definition) is 3. The van der Waals surface area contributed by atoms with Crippen LogP contribution in [-0.2, 0) is 20.1 Å². The number of aliphatic hydroxyl groups excluding tert-OH is 1. The second-order valence-electron chi connectivity index (χ2n) is 4.51. The Morgan fingerprint density at radius 2 is 2.00 bits per heavy atom. The minimum absolute atomic E-state index is 0.0477. The van der Waals surface area contributed by atoms with E-state index in [1.54, 1.807) is 24.1 Å². The monoisotopic (exact) mass is 274 g/mol. The quantitative estimate of drug-likeness (QED) is 0.768. The fourth-order valence-electron chi connectivity index (χ4n) is 1.79. The minimum atomic E-state index is -0.245. The Morgan fingerprint density at radius 3 is 2.60 bits per heavy atom. The lowest BCUT2D eigenvalue weighted by Crippen LogP contribution is -2.30. The highest BCUT2D eigenvalue weighted by Crippen LogP contribution is 2.05. The van der Waals surface area contributed by atoms with Crippen molar-refractivity contribution >= 4 is 11.7 Å². The molecule has 0 unspecified atom stereocenters. The Balaban J connectivity index is 1.73. The summed E-state index contributed by atoms with van der Waals surface area (Å²) >= 11 is 0. The number of aliphatic hydroxyl groups is 1. The van der Waals surface area contributed by atoms with Gasteiger partial charge in [-0.25, -0.2) is 4.79 Å². The molecule has 2 rings (SSSR count). The number of rotatable bonds is 5. The Labute approximate surface area is 117 Å². The van der Waals surface area contributed by atoms with Crippen LogP contribution < -0.4 is 10.6 Å². The largest absolute Gasteiger partial charge is 0.392 e. The second-order valence-corrected chi connectivity index (χ2v) is 4.51. The predicted molar refractivity (Wildman–Crippen MR) is 76.3 cm³/mol. The van der Waals surface area contributed by atoms with Crippen molar-refractivity contribution in [2.45, 2.75) is 13.0 Å². The zero-order valence-corrected chi connectivity index (χ0v) is 11.3. The molecule has 0 aliphatic heterocycles. The molecule has 20 heavy (non-hydrogen) atoms. The van der Waals surface area contributed by atoms with Gasteiger partial charge in [-0.1, -0.05) is 24.3 Å². The van der Waals surface area contributed by atoms with E-state index >= 15 is 0 Å². The molecule has 0 aliphatic carbocycles. The second kappa shape index (κ2) is 6.72. The van der Waals surface area contributed by atoms with E-state index in [9.17, 15) is 4.79 Å². The predicted octanol–water partition coefficient (Wildman–Crippen LogP) is 1.28. The number of carbonyl (C=O) groups excluding carboxylic acids is 1. The van der Waals surface area contributed by atoms with Crippen LogP contribution in [0.3, 0.4) is 0 Å². The molecular weight excluding hydrogens is 256 g/mol. The highest BCUT2D eigenvalue weighted by molar-refractivity contribution is 5.88. The molecule has 3 N–H and O–H groups in total. The van der Waals surface area contributed by atoms with Crippen molar-refractivity contribution in [3.63, 3.8) is 0 Å². The SMILES string of the molecule is Cn1cc(NC(=O)NCCc2ccc(CO)cc2)cn1. The van der Waals surface area contributed by atoms with Gasteiger partial charge in [0.25, 0.3) is 0 Å². The van der Waals surface area contributed by atoms with Crippen LogP contribution in [-0.4, -0.2) is 27.5 Å². The van der Waals surface area contributed by atoms with E-state index in [0.717, 1.165) is 17.5 Å². The van der Waals surface area contributed by atoms with Crippen molar-refractivity contribution < 1.29 is 9.90 Å². The summed E-state index contributed by atoms with van der Waals surface area (Å²) in [6.07, 6.45) is 4.06. The fraction of sp³-hybridized carbons (Fsp3) is 0.286. The first-order valence-electron chi connectivity index (χ1n) is 6.39. The lowest BCUT2D eigenvalue weighted by molar-refractivity contribution is 0.252. The topological polar surface area (TPSA) is 79.2 Å². The molecule has 0 aliphatic rings. The van der Waals surface area contributed by atoms with Gasteiger partial charge in [0.05, 0.1) is 18.5 Å². The lowest BCUT2D eigenvalue weighted by atomic mass is 10.1. The van der Waals surface area contributed by atoms with Gasteiger partial charge in [0.2, 0.25) is 0 Å². The van der Waals surface area contributed by atoms with Crippen molar-refractivity contribution in [1.29, 1.82) is 0 Å². The van der Waals surface area contributed by atoms with Gasteiger partial charge < -0.3 is 15.7 Å². The van der Waals surface area contributed by atoms with Crippen molar-refractivity contribution in [3.05, 3.63) is 47.8 Å². The van der Waals surface area contributed by atoms with Gasteiger partial charge in [-0.15, -0.1) is 0 Å². The maximum absolute atomic E-state index is 11.6. The van der Waals surface area contributed by atoms with E-state index in [2.05, 4.69) is 15.7 Å². The average molecular weight is 274 g/mol. The van der Waals surface area contributed by atoms with E-state index in [1.165, 1.54) is 0 Å². The number of anilines is 1. The maximum Gasteiger partial charge on any atom is 0.319 e. The molecule has 0 saturated heterocycles. The summed E-state index contributed by atoms with van der Waals surface area (Å²) in [5, 5.41) is 18.4. The number of carbonyl (C=O) groups is 1. The van der Waals surface area contributed by atoms with Crippen LogP contribution in [0.25, 0.3) is 0 Å². The third-order valence-corrected chi connectivity index (χ3v) is 2.87. The summed E-state index contributed by atoms with van der Waals surface area (Å²) in [5.74, 6) is 0. The standard InChI is InChI=1S/C14H18N4O2/c1-18-9-13(8-16-18)17-14(20)15-7-6-11-2-4-12(10-19)5-3-11/h2-5,8-9,19H,6-7,10H2,1H3,(H2,15,17,20). The molecule has 0 bridgehead atoms. The molecule has 2 aromatic rings. The number of aromatic nitrogens is 2. The highest BCUT2D eigenvalue weighted by atomic mass is 16.3. The smallest absolute Gasteiger partial charge is 0.319 e. The van der Waals surface area contributed by atoms with E-state index in [-0.39, 0.29) is 12.6 Å². The summed E-state index contributed by atoms with van der Waals surface area (Å²) in [5.41, 5.74) is 2.66. The molecule has 6 heteroatoms. The molecule has 0 saturated carbocycles. The first-order chi connectivity index (χ1) is 9.67. The number of benzene rings is 1. The Bertz CT molecular complexity index is 563. The maximum atomic E-state index is 11.6. The van der Waals surface area contributed by atoms with E-state index in [0.29, 0.717) is 12.2 Å². The van der Waals surface area contributed by atoms with Gasteiger partial charge in [0.1, 0.15) is 0 Å². The number of nitrogens with one attached hydrogen (secondary N) is 2. The van der Waals surface area contributed by atoms with Gasteiger partial charge >= 0.3 is 6.03 Å². The van der Waals surface area contributed by atoms with Crippen LogP contribution in [0.4, 0.5) is 10.5 Å². The zero-order chi connectivity index (χ0) is 14.4. The number of nitrogens with zero attached hydrogens (tertiary/aromatic N) is 2. The van der Waals surface area contributed by atoms with Gasteiger partial charge in [-0.05, 0) is 17.5 Å². The van der Waals surface area contributed by atoms with Crippen LogP contribution in [0.5, 0.6) is 0 Å². The van der Waals surface area contributed by atoms with Gasteiger partial charge in [-0.3, -0.25) is 4.68 Å². The summed E-state index contributed by atoms with van der Waals surface area (Å²) in [6, 6.07) is 7.42. The molecule has 0 fully saturated rings. The summed E-state index contributed by atoms with van der Waals surface area (Å²) in [4.78, 5) is 11.6. The zero-order valence-electron chi connectivity index (χ0n) is 11.3. The third-order valence-electron chi connectivity index (χ3n) is 2.87. The Morgan fingerprint density at radius 1 is 1.30 bits per heavy atom. The first kappa shape index (κ1) is 14.1. The number of aryl methyl sites for hydroxylation is 1. The molecule has 1 heterocycles. The molecule has 106 valence electrons. The Kier molecular flexibility index (Phi) is 4.73. The number of hydrogen-bond acceptors (Lipinski definition) is 3. The van der Waals surface area contributed by atoms with E-state index in [1.807, 2.05) is 24.3 Å². The van der Waals surface area contributed by atoms with Crippen LogP contribution in [0.2, 0.25) is 0 Å². The van der Waals surface area contributed by atoms with E-state index < -0.39 is 0 Å². The van der Waals surface area contributed by atoms with Crippen molar-refractivity contribution in [1.82, 2.24) is 15.1 Å². The lowest BCUT2D eigenvalue weighted by Gasteiger charge is -2.06. The number of urea groups is 1. The fourth-order valence-corrected chi connectivity index (χ4v) is 1.79.